The van der Waals surface area contributed by atoms with Crippen LogP contribution in [0.15, 0.2) is 23.1 Å². The largest absolute Gasteiger partial charge is 0.497 e. The summed E-state index contributed by atoms with van der Waals surface area (Å²) in [4.78, 5) is 11.8. The Bertz CT molecular complexity index is 394. The maximum atomic E-state index is 10.8. The second kappa shape index (κ2) is 4.02. The fourth-order valence-electron chi connectivity index (χ4n) is 1.40. The zero-order valence-electron chi connectivity index (χ0n) is 8.19. The summed E-state index contributed by atoms with van der Waals surface area (Å²) in [6.45, 7) is 0. The number of ether oxygens (including phenoxy) is 1. The summed E-state index contributed by atoms with van der Waals surface area (Å²) < 4.78 is 5.10. The van der Waals surface area contributed by atoms with Crippen molar-refractivity contribution in [2.24, 2.45) is 0 Å². The molecule has 80 valence electrons. The topological polar surface area (TPSA) is 58.6 Å². The number of aliphatic carboxylic acids is 1. The van der Waals surface area contributed by atoms with Crippen molar-refractivity contribution < 1.29 is 14.6 Å². The van der Waals surface area contributed by atoms with E-state index in [0.29, 0.717) is 5.75 Å². The summed E-state index contributed by atoms with van der Waals surface area (Å²) in [6, 6.07) is 5.06. The molecule has 1 aromatic carbocycles. The van der Waals surface area contributed by atoms with Gasteiger partial charge in [0.25, 0.3) is 0 Å². The van der Waals surface area contributed by atoms with Crippen LogP contribution in [0.25, 0.3) is 0 Å². The van der Waals surface area contributed by atoms with Crippen LogP contribution in [0.5, 0.6) is 5.75 Å². The number of carboxylic acids is 1. The molecule has 4 nitrogen and oxygen atoms in total. The summed E-state index contributed by atoms with van der Waals surface area (Å²) in [5.41, 5.74) is 0.861. The minimum atomic E-state index is -0.816. The number of rotatable bonds is 2. The predicted molar refractivity (Wildman–Crippen MR) is 58.8 cm³/mol. The molecule has 0 spiro atoms. The van der Waals surface area contributed by atoms with Gasteiger partial charge in [-0.2, -0.15) is 0 Å². The van der Waals surface area contributed by atoms with Gasteiger partial charge in [-0.25, -0.2) is 4.79 Å². The first-order chi connectivity index (χ1) is 7.20. The van der Waals surface area contributed by atoms with Crippen LogP contribution in [0.3, 0.4) is 0 Å². The van der Waals surface area contributed by atoms with Crippen molar-refractivity contribution in [1.29, 1.82) is 0 Å². The van der Waals surface area contributed by atoms with E-state index in [-0.39, 0.29) is 0 Å². The lowest BCUT2D eigenvalue weighted by atomic mass is 10.2. The molecule has 0 saturated carbocycles. The fraction of sp³-hybridized carbons (Fsp3) is 0.300. The lowest BCUT2D eigenvalue weighted by Gasteiger charge is -2.23. The molecule has 0 aromatic heterocycles. The van der Waals surface area contributed by atoms with E-state index in [2.05, 4.69) is 5.32 Å². The number of nitrogens with one attached hydrogen (secondary N) is 1. The highest BCUT2D eigenvalue weighted by molar-refractivity contribution is 7.99. The quantitative estimate of drug-likeness (QED) is 0.801. The summed E-state index contributed by atoms with van der Waals surface area (Å²) in [5.74, 6) is 0.510. The normalized spacial score (nSPS) is 18.9. The smallest absolute Gasteiger partial charge is 0.326 e. The highest BCUT2D eigenvalue weighted by atomic mass is 32.2. The molecule has 0 amide bonds. The van der Waals surface area contributed by atoms with E-state index in [9.17, 15) is 4.79 Å². The molecular weight excluding hydrogens is 214 g/mol. The Labute approximate surface area is 91.6 Å². The fourth-order valence-corrected chi connectivity index (χ4v) is 2.46. The lowest BCUT2D eigenvalue weighted by molar-refractivity contribution is -0.137. The van der Waals surface area contributed by atoms with Crippen molar-refractivity contribution in [2.75, 3.05) is 18.2 Å². The molecule has 1 unspecified atom stereocenters. The van der Waals surface area contributed by atoms with E-state index < -0.39 is 12.0 Å². The van der Waals surface area contributed by atoms with Crippen LogP contribution in [0.4, 0.5) is 5.69 Å². The van der Waals surface area contributed by atoms with E-state index in [1.807, 2.05) is 18.2 Å². The molecule has 5 heteroatoms. The third kappa shape index (κ3) is 2.02. The van der Waals surface area contributed by atoms with E-state index in [1.54, 1.807) is 7.11 Å². The first kappa shape index (κ1) is 10.2. The molecule has 1 aromatic rings. The maximum Gasteiger partial charge on any atom is 0.326 e. The number of thioether (sulfide) groups is 1. The monoisotopic (exact) mass is 225 g/mol. The van der Waals surface area contributed by atoms with E-state index in [1.165, 1.54) is 11.8 Å². The maximum absolute atomic E-state index is 10.8. The van der Waals surface area contributed by atoms with Gasteiger partial charge in [0.15, 0.2) is 0 Å². The summed E-state index contributed by atoms with van der Waals surface area (Å²) in [6.07, 6.45) is 0. The van der Waals surface area contributed by atoms with Crippen molar-refractivity contribution >= 4 is 23.4 Å². The van der Waals surface area contributed by atoms with Gasteiger partial charge in [-0.3, -0.25) is 0 Å². The molecule has 2 N–H and O–H groups in total. The first-order valence-electron chi connectivity index (χ1n) is 4.51. The molecule has 0 aliphatic carbocycles. The highest BCUT2D eigenvalue weighted by Crippen LogP contribution is 2.35. The number of methoxy groups -OCH3 is 1. The number of carboxylic acid groups (broad SMARTS) is 1. The Hall–Kier alpha value is -1.36. The van der Waals surface area contributed by atoms with Gasteiger partial charge in [0.05, 0.1) is 7.11 Å². The number of hydrogen-bond donors (Lipinski definition) is 2. The molecule has 1 aliphatic heterocycles. The Morgan fingerprint density at radius 2 is 2.47 bits per heavy atom. The van der Waals surface area contributed by atoms with Gasteiger partial charge in [-0.1, -0.05) is 0 Å². The average molecular weight is 225 g/mol. The second-order valence-corrected chi connectivity index (χ2v) is 4.27. The van der Waals surface area contributed by atoms with Gasteiger partial charge < -0.3 is 15.2 Å². The standard InChI is InChI=1S/C10H11NO3S/c1-14-6-2-3-7-9(4-6)15-5-8(11-7)10(12)13/h2-4,8,11H,5H2,1H3,(H,12,13). The van der Waals surface area contributed by atoms with Crippen LogP contribution in [-0.4, -0.2) is 30.0 Å². The minimum absolute atomic E-state index is 0.504. The van der Waals surface area contributed by atoms with Crippen molar-refractivity contribution in [3.63, 3.8) is 0 Å². The number of anilines is 1. The number of benzene rings is 1. The molecular formula is C10H11NO3S. The molecule has 0 fully saturated rings. The molecule has 1 aliphatic rings. The molecule has 1 atom stereocenters. The Morgan fingerprint density at radius 1 is 1.67 bits per heavy atom. The van der Waals surface area contributed by atoms with E-state index in [0.717, 1.165) is 16.3 Å². The Kier molecular flexibility index (Phi) is 2.73. The summed E-state index contributed by atoms with van der Waals surface area (Å²) >= 11 is 1.53. The van der Waals surface area contributed by atoms with E-state index in [4.69, 9.17) is 9.84 Å². The van der Waals surface area contributed by atoms with Gasteiger partial charge in [0.1, 0.15) is 11.8 Å². The Morgan fingerprint density at radius 3 is 3.13 bits per heavy atom. The summed E-state index contributed by atoms with van der Waals surface area (Å²) in [7, 11) is 1.61. The van der Waals surface area contributed by atoms with Gasteiger partial charge in [-0.05, 0) is 18.2 Å². The average Bonchev–Trinajstić information content (AvgIpc) is 2.27. The third-order valence-electron chi connectivity index (χ3n) is 2.22. The van der Waals surface area contributed by atoms with Crippen molar-refractivity contribution in [3.8, 4) is 5.75 Å². The van der Waals surface area contributed by atoms with Crippen LogP contribution < -0.4 is 10.1 Å². The number of hydrogen-bond acceptors (Lipinski definition) is 4. The van der Waals surface area contributed by atoms with Crippen molar-refractivity contribution in [3.05, 3.63) is 18.2 Å². The van der Waals surface area contributed by atoms with Crippen LogP contribution in [-0.2, 0) is 4.79 Å². The van der Waals surface area contributed by atoms with Gasteiger partial charge in [0.2, 0.25) is 0 Å². The van der Waals surface area contributed by atoms with Crippen LogP contribution >= 0.6 is 11.8 Å². The highest BCUT2D eigenvalue weighted by Gasteiger charge is 2.23. The second-order valence-electron chi connectivity index (χ2n) is 3.21. The zero-order valence-corrected chi connectivity index (χ0v) is 9.00. The molecule has 15 heavy (non-hydrogen) atoms. The van der Waals surface area contributed by atoms with Crippen molar-refractivity contribution in [1.82, 2.24) is 0 Å². The van der Waals surface area contributed by atoms with Crippen molar-refractivity contribution in [2.45, 2.75) is 10.9 Å². The van der Waals surface area contributed by atoms with Crippen LogP contribution in [0, 0.1) is 0 Å². The van der Waals surface area contributed by atoms with Gasteiger partial charge >= 0.3 is 5.97 Å². The lowest BCUT2D eigenvalue weighted by Crippen LogP contribution is -2.33. The molecule has 0 saturated heterocycles. The third-order valence-corrected chi connectivity index (χ3v) is 3.37. The van der Waals surface area contributed by atoms with Crippen LogP contribution in [0.2, 0.25) is 0 Å². The number of carbonyl (C=O) groups is 1. The zero-order chi connectivity index (χ0) is 10.8. The molecule has 1 heterocycles. The SMILES string of the molecule is COc1ccc2c(c1)SCC(C(=O)O)N2. The van der Waals surface area contributed by atoms with Gasteiger partial charge in [0, 0.05) is 16.3 Å². The minimum Gasteiger partial charge on any atom is -0.497 e. The predicted octanol–water partition coefficient (Wildman–Crippen LogP) is 1.67. The summed E-state index contributed by atoms with van der Waals surface area (Å²) in [5, 5.41) is 11.8. The van der Waals surface area contributed by atoms with Gasteiger partial charge in [-0.15, -0.1) is 11.8 Å². The number of fused-ring (bicyclic) bond motifs is 1. The molecule has 0 bridgehead atoms. The molecule has 0 radical (unpaired) electrons. The van der Waals surface area contributed by atoms with Crippen LogP contribution in [0.1, 0.15) is 0 Å². The molecule has 2 rings (SSSR count). The Balaban J connectivity index is 2.24. The first-order valence-corrected chi connectivity index (χ1v) is 5.49. The van der Waals surface area contributed by atoms with E-state index >= 15 is 0 Å².